The topological polar surface area (TPSA) is 54.3 Å². The van der Waals surface area contributed by atoms with Crippen molar-refractivity contribution in [2.24, 2.45) is 0 Å². The van der Waals surface area contributed by atoms with Crippen molar-refractivity contribution in [2.75, 3.05) is 26.4 Å². The highest BCUT2D eigenvalue weighted by molar-refractivity contribution is 5.29. The summed E-state index contributed by atoms with van der Waals surface area (Å²) in [6.45, 7) is 2.21. The van der Waals surface area contributed by atoms with Crippen molar-refractivity contribution in [1.29, 1.82) is 5.26 Å². The molecule has 0 aliphatic heterocycles. The first-order valence-electron chi connectivity index (χ1n) is 6.32. The smallest absolute Gasteiger partial charge is 0.261 e. The number of hydrogen-bond donors (Lipinski definition) is 1. The fourth-order valence-corrected chi connectivity index (χ4v) is 1.61. The van der Waals surface area contributed by atoms with Crippen molar-refractivity contribution in [2.45, 2.75) is 19.4 Å². The molecule has 0 saturated heterocycles. The van der Waals surface area contributed by atoms with E-state index in [1.807, 2.05) is 25.1 Å². The molecule has 110 valence electrons. The molecule has 0 spiro atoms. The summed E-state index contributed by atoms with van der Waals surface area (Å²) in [5.41, 5.74) is 1.04. The maximum Gasteiger partial charge on any atom is 0.261 e. The Morgan fingerprint density at radius 3 is 2.60 bits per heavy atom. The number of nitriles is 1. The SMILES string of the molecule is CC(NCCOCC(F)F)c1ccc(OCC#N)cc1. The molecular formula is C14H18F2N2O2. The van der Waals surface area contributed by atoms with Gasteiger partial charge in [-0.15, -0.1) is 0 Å². The molecule has 1 atom stereocenters. The number of ether oxygens (including phenoxy) is 2. The zero-order valence-electron chi connectivity index (χ0n) is 11.3. The Hall–Kier alpha value is -1.71. The van der Waals surface area contributed by atoms with Crippen molar-refractivity contribution in [3.63, 3.8) is 0 Å². The van der Waals surface area contributed by atoms with Crippen LogP contribution in [0.3, 0.4) is 0 Å². The van der Waals surface area contributed by atoms with Gasteiger partial charge >= 0.3 is 0 Å². The minimum absolute atomic E-state index is 0.0224. The molecule has 0 fully saturated rings. The fourth-order valence-electron chi connectivity index (χ4n) is 1.61. The second-order valence-corrected chi connectivity index (χ2v) is 4.16. The zero-order chi connectivity index (χ0) is 14.8. The Morgan fingerprint density at radius 2 is 2.00 bits per heavy atom. The quantitative estimate of drug-likeness (QED) is 0.708. The molecule has 0 saturated carbocycles. The third-order valence-electron chi connectivity index (χ3n) is 2.62. The van der Waals surface area contributed by atoms with Gasteiger partial charge in [0.05, 0.1) is 6.61 Å². The molecule has 4 nitrogen and oxygen atoms in total. The van der Waals surface area contributed by atoms with Crippen LogP contribution in [0.1, 0.15) is 18.5 Å². The van der Waals surface area contributed by atoms with E-state index in [-0.39, 0.29) is 19.3 Å². The predicted molar refractivity (Wildman–Crippen MR) is 70.8 cm³/mol. The molecule has 1 aromatic rings. The van der Waals surface area contributed by atoms with E-state index in [1.165, 1.54) is 0 Å². The Kier molecular flexibility index (Phi) is 7.55. The fraction of sp³-hybridized carbons (Fsp3) is 0.500. The molecule has 0 aliphatic carbocycles. The molecule has 0 aromatic heterocycles. The van der Waals surface area contributed by atoms with Crippen LogP contribution in [0.15, 0.2) is 24.3 Å². The van der Waals surface area contributed by atoms with Crippen LogP contribution < -0.4 is 10.1 Å². The maximum absolute atomic E-state index is 11.8. The van der Waals surface area contributed by atoms with Gasteiger partial charge in [-0.2, -0.15) is 5.26 Å². The lowest BCUT2D eigenvalue weighted by molar-refractivity contribution is 0.0183. The maximum atomic E-state index is 11.8. The third kappa shape index (κ3) is 6.45. The summed E-state index contributed by atoms with van der Waals surface area (Å²) < 4.78 is 33.6. The second kappa shape index (κ2) is 9.23. The highest BCUT2D eigenvalue weighted by Crippen LogP contribution is 2.17. The standard InChI is InChI=1S/C14H18F2N2O2/c1-11(18-7-9-19-10-14(15)16)12-2-4-13(5-3-12)20-8-6-17/h2-5,11,14,18H,7-10H2,1H3. The van der Waals surface area contributed by atoms with E-state index >= 15 is 0 Å². The van der Waals surface area contributed by atoms with Gasteiger partial charge in [-0.25, -0.2) is 8.78 Å². The summed E-state index contributed by atoms with van der Waals surface area (Å²) in [5, 5.41) is 11.6. The number of halogens is 2. The van der Waals surface area contributed by atoms with Crippen LogP contribution in [-0.4, -0.2) is 32.8 Å². The van der Waals surface area contributed by atoms with Crippen LogP contribution in [0.25, 0.3) is 0 Å². The summed E-state index contributed by atoms with van der Waals surface area (Å²) >= 11 is 0. The van der Waals surface area contributed by atoms with Gasteiger partial charge in [0, 0.05) is 12.6 Å². The van der Waals surface area contributed by atoms with Gasteiger partial charge in [0.2, 0.25) is 0 Å². The first-order chi connectivity index (χ1) is 9.63. The van der Waals surface area contributed by atoms with Crippen LogP contribution in [0.4, 0.5) is 8.78 Å². The highest BCUT2D eigenvalue weighted by atomic mass is 19.3. The summed E-state index contributed by atoms with van der Waals surface area (Å²) in [7, 11) is 0. The number of rotatable bonds is 9. The van der Waals surface area contributed by atoms with Gasteiger partial charge in [0.1, 0.15) is 18.4 Å². The van der Waals surface area contributed by atoms with E-state index in [0.717, 1.165) is 5.56 Å². The first-order valence-corrected chi connectivity index (χ1v) is 6.32. The van der Waals surface area contributed by atoms with E-state index in [1.54, 1.807) is 12.1 Å². The lowest BCUT2D eigenvalue weighted by Gasteiger charge is -2.14. The minimum Gasteiger partial charge on any atom is -0.479 e. The van der Waals surface area contributed by atoms with Crippen molar-refractivity contribution in [3.8, 4) is 11.8 Å². The minimum atomic E-state index is -2.42. The van der Waals surface area contributed by atoms with Crippen molar-refractivity contribution in [1.82, 2.24) is 5.32 Å². The lowest BCUT2D eigenvalue weighted by atomic mass is 10.1. The third-order valence-corrected chi connectivity index (χ3v) is 2.62. The predicted octanol–water partition coefficient (Wildman–Crippen LogP) is 2.52. The molecule has 20 heavy (non-hydrogen) atoms. The second-order valence-electron chi connectivity index (χ2n) is 4.16. The van der Waals surface area contributed by atoms with E-state index in [2.05, 4.69) is 5.32 Å². The average Bonchev–Trinajstić information content (AvgIpc) is 2.44. The number of alkyl halides is 2. The van der Waals surface area contributed by atoms with E-state index < -0.39 is 13.0 Å². The van der Waals surface area contributed by atoms with Crippen LogP contribution in [0.2, 0.25) is 0 Å². The van der Waals surface area contributed by atoms with Gasteiger partial charge in [-0.1, -0.05) is 12.1 Å². The Morgan fingerprint density at radius 1 is 1.30 bits per heavy atom. The Bertz CT molecular complexity index is 418. The number of nitrogens with one attached hydrogen (secondary N) is 1. The number of nitrogens with zero attached hydrogens (tertiary/aromatic N) is 1. The van der Waals surface area contributed by atoms with Gasteiger partial charge in [0.25, 0.3) is 6.43 Å². The van der Waals surface area contributed by atoms with E-state index in [0.29, 0.717) is 12.3 Å². The van der Waals surface area contributed by atoms with Gasteiger partial charge < -0.3 is 14.8 Å². The Labute approximate surface area is 117 Å². The molecule has 0 radical (unpaired) electrons. The molecule has 0 heterocycles. The van der Waals surface area contributed by atoms with Crippen molar-refractivity contribution in [3.05, 3.63) is 29.8 Å². The summed E-state index contributed by atoms with van der Waals surface area (Å²) in [6.07, 6.45) is -2.42. The molecular weight excluding hydrogens is 266 g/mol. The van der Waals surface area contributed by atoms with E-state index in [4.69, 9.17) is 14.7 Å². The first kappa shape index (κ1) is 16.3. The lowest BCUT2D eigenvalue weighted by Crippen LogP contribution is -2.24. The summed E-state index contributed by atoms with van der Waals surface area (Å²) in [6, 6.07) is 9.34. The molecule has 1 rings (SSSR count). The van der Waals surface area contributed by atoms with Crippen LogP contribution in [0, 0.1) is 11.3 Å². The van der Waals surface area contributed by atoms with Crippen LogP contribution in [-0.2, 0) is 4.74 Å². The molecule has 0 bridgehead atoms. The molecule has 0 amide bonds. The van der Waals surface area contributed by atoms with Gasteiger partial charge in [-0.3, -0.25) is 0 Å². The Balaban J connectivity index is 2.29. The average molecular weight is 284 g/mol. The van der Waals surface area contributed by atoms with Crippen molar-refractivity contribution < 1.29 is 18.3 Å². The summed E-state index contributed by atoms with van der Waals surface area (Å²) in [4.78, 5) is 0. The zero-order valence-corrected chi connectivity index (χ0v) is 11.3. The van der Waals surface area contributed by atoms with Gasteiger partial charge in [0.15, 0.2) is 6.61 Å². The number of benzene rings is 1. The van der Waals surface area contributed by atoms with Gasteiger partial charge in [-0.05, 0) is 24.6 Å². The normalized spacial score (nSPS) is 12.2. The largest absolute Gasteiger partial charge is 0.479 e. The molecule has 6 heteroatoms. The number of hydrogen-bond acceptors (Lipinski definition) is 4. The highest BCUT2D eigenvalue weighted by Gasteiger charge is 2.05. The van der Waals surface area contributed by atoms with Crippen LogP contribution >= 0.6 is 0 Å². The molecule has 1 N–H and O–H groups in total. The van der Waals surface area contributed by atoms with Crippen LogP contribution in [0.5, 0.6) is 5.75 Å². The van der Waals surface area contributed by atoms with Crippen molar-refractivity contribution >= 4 is 0 Å². The molecule has 1 unspecified atom stereocenters. The molecule has 1 aromatic carbocycles. The summed E-state index contributed by atoms with van der Waals surface area (Å²) in [5.74, 6) is 0.641. The monoisotopic (exact) mass is 284 g/mol. The van der Waals surface area contributed by atoms with E-state index in [9.17, 15) is 8.78 Å². The molecule has 0 aliphatic rings.